The van der Waals surface area contributed by atoms with Crippen molar-refractivity contribution in [3.8, 4) is 0 Å². The van der Waals surface area contributed by atoms with Crippen LogP contribution in [-0.2, 0) is 11.2 Å². The van der Waals surface area contributed by atoms with Gasteiger partial charge in [-0.2, -0.15) is 4.52 Å². The molecule has 0 fully saturated rings. The van der Waals surface area contributed by atoms with Crippen molar-refractivity contribution in [2.45, 2.75) is 6.42 Å². The smallest absolute Gasteiger partial charge is 0.273 e. The second-order valence-electron chi connectivity index (χ2n) is 2.76. The van der Waals surface area contributed by atoms with Crippen LogP contribution in [0.3, 0.4) is 0 Å². The van der Waals surface area contributed by atoms with Gasteiger partial charge in [0.15, 0.2) is 5.78 Å². The molecule has 0 unspecified atom stereocenters. The molecule has 0 aliphatic heterocycles. The topological polar surface area (TPSA) is 93.3 Å². The van der Waals surface area contributed by atoms with E-state index in [1.807, 2.05) is 0 Å². The van der Waals surface area contributed by atoms with Crippen LogP contribution in [-0.4, -0.2) is 42.5 Å². The van der Waals surface area contributed by atoms with E-state index in [0.29, 0.717) is 11.3 Å². The largest absolute Gasteiger partial charge is 0.389 e. The molecular weight excluding hydrogens is 186 g/mol. The molecule has 0 saturated carbocycles. The summed E-state index contributed by atoms with van der Waals surface area (Å²) in [6, 6.07) is 0. The molecule has 1 N–H and O–H groups in total. The third-order valence-corrected chi connectivity index (χ3v) is 1.69. The van der Waals surface area contributed by atoms with Gasteiger partial charge in [-0.25, -0.2) is 4.98 Å². The lowest BCUT2D eigenvalue weighted by molar-refractivity contribution is -0.121. The molecule has 2 aromatic rings. The molecular formula is C7H7N5O2. The molecule has 0 atom stereocenters. The van der Waals surface area contributed by atoms with E-state index in [1.165, 1.54) is 10.7 Å². The van der Waals surface area contributed by atoms with Crippen molar-refractivity contribution in [2.75, 3.05) is 6.61 Å². The standard InChI is InChI=1S/C7H7N5O2/c13-4-6(14)1-5-2-8-7-9-10-11-12(7)3-5/h2-3,13H,1,4H2. The summed E-state index contributed by atoms with van der Waals surface area (Å²) >= 11 is 0. The zero-order valence-corrected chi connectivity index (χ0v) is 7.16. The molecule has 0 spiro atoms. The van der Waals surface area contributed by atoms with Crippen molar-refractivity contribution in [3.05, 3.63) is 18.0 Å². The second kappa shape index (κ2) is 3.46. The summed E-state index contributed by atoms with van der Waals surface area (Å²) < 4.78 is 1.37. The molecule has 0 aromatic carbocycles. The van der Waals surface area contributed by atoms with Crippen LogP contribution in [0.4, 0.5) is 0 Å². The SMILES string of the molecule is O=C(CO)Cc1cnc2nnnn2c1. The summed E-state index contributed by atoms with van der Waals surface area (Å²) in [6.07, 6.45) is 3.26. The molecule has 0 radical (unpaired) electrons. The van der Waals surface area contributed by atoms with Gasteiger partial charge in [-0.05, 0) is 16.0 Å². The van der Waals surface area contributed by atoms with Gasteiger partial charge in [0.25, 0.3) is 5.78 Å². The van der Waals surface area contributed by atoms with Gasteiger partial charge in [-0.15, -0.1) is 0 Å². The highest BCUT2D eigenvalue weighted by Gasteiger charge is 2.04. The Hall–Kier alpha value is -1.89. The van der Waals surface area contributed by atoms with E-state index in [4.69, 9.17) is 5.11 Å². The predicted molar refractivity (Wildman–Crippen MR) is 44.4 cm³/mol. The van der Waals surface area contributed by atoms with Crippen LogP contribution in [0.15, 0.2) is 12.4 Å². The minimum absolute atomic E-state index is 0.138. The Morgan fingerprint density at radius 3 is 3.21 bits per heavy atom. The van der Waals surface area contributed by atoms with Crippen LogP contribution in [0, 0.1) is 0 Å². The number of aliphatic hydroxyl groups excluding tert-OH is 1. The van der Waals surface area contributed by atoms with E-state index in [0.717, 1.165) is 0 Å². The number of nitrogens with zero attached hydrogens (tertiary/aromatic N) is 5. The van der Waals surface area contributed by atoms with Gasteiger partial charge in [0.1, 0.15) is 6.61 Å². The molecule has 2 rings (SSSR count). The van der Waals surface area contributed by atoms with Crippen molar-refractivity contribution in [3.63, 3.8) is 0 Å². The highest BCUT2D eigenvalue weighted by molar-refractivity contribution is 5.81. The van der Waals surface area contributed by atoms with Crippen LogP contribution >= 0.6 is 0 Å². The number of hydrogen-bond donors (Lipinski definition) is 1. The van der Waals surface area contributed by atoms with Crippen LogP contribution < -0.4 is 0 Å². The molecule has 0 bridgehead atoms. The Bertz CT molecular complexity index is 466. The Kier molecular flexibility index (Phi) is 2.15. The molecule has 0 amide bonds. The number of hydrogen-bond acceptors (Lipinski definition) is 6. The first-order chi connectivity index (χ1) is 6.79. The maximum Gasteiger partial charge on any atom is 0.273 e. The minimum atomic E-state index is -0.465. The summed E-state index contributed by atoms with van der Waals surface area (Å²) in [4.78, 5) is 14.8. The van der Waals surface area contributed by atoms with Crippen LogP contribution in [0.5, 0.6) is 0 Å². The van der Waals surface area contributed by atoms with Gasteiger partial charge in [0, 0.05) is 18.8 Å². The summed E-state index contributed by atoms with van der Waals surface area (Å²) in [5, 5.41) is 19.2. The second-order valence-corrected chi connectivity index (χ2v) is 2.76. The molecule has 7 nitrogen and oxygen atoms in total. The average Bonchev–Trinajstić information content (AvgIpc) is 2.64. The zero-order valence-electron chi connectivity index (χ0n) is 7.16. The first-order valence-corrected chi connectivity index (χ1v) is 3.95. The van der Waals surface area contributed by atoms with E-state index >= 15 is 0 Å². The predicted octanol–water partition coefficient (Wildman–Crippen LogP) is -1.38. The number of carbonyl (C=O) groups is 1. The van der Waals surface area contributed by atoms with E-state index < -0.39 is 6.61 Å². The van der Waals surface area contributed by atoms with Crippen molar-refractivity contribution >= 4 is 11.6 Å². The highest BCUT2D eigenvalue weighted by atomic mass is 16.3. The lowest BCUT2D eigenvalue weighted by atomic mass is 10.2. The van der Waals surface area contributed by atoms with E-state index in [-0.39, 0.29) is 12.2 Å². The summed E-state index contributed by atoms with van der Waals surface area (Å²) in [5.41, 5.74) is 0.670. The average molecular weight is 193 g/mol. The molecule has 0 aliphatic carbocycles. The number of tetrazole rings is 1. The Morgan fingerprint density at radius 1 is 1.57 bits per heavy atom. The lowest BCUT2D eigenvalue weighted by Gasteiger charge is -1.97. The Labute approximate surface area is 78.4 Å². The fourth-order valence-corrected chi connectivity index (χ4v) is 1.06. The number of ketones is 1. The maximum absolute atomic E-state index is 10.9. The van der Waals surface area contributed by atoms with Crippen LogP contribution in [0.25, 0.3) is 5.78 Å². The van der Waals surface area contributed by atoms with Crippen molar-refractivity contribution in [1.29, 1.82) is 0 Å². The number of fused-ring (bicyclic) bond motifs is 1. The van der Waals surface area contributed by atoms with Crippen molar-refractivity contribution in [2.24, 2.45) is 0 Å². The molecule has 0 aliphatic rings. The van der Waals surface area contributed by atoms with Gasteiger partial charge in [0.05, 0.1) is 0 Å². The van der Waals surface area contributed by atoms with E-state index in [1.54, 1.807) is 6.20 Å². The van der Waals surface area contributed by atoms with Gasteiger partial charge in [-0.3, -0.25) is 4.79 Å². The number of aromatic nitrogens is 5. The lowest BCUT2D eigenvalue weighted by Crippen LogP contribution is -2.08. The third kappa shape index (κ3) is 1.57. The normalized spacial score (nSPS) is 10.6. The molecule has 2 heterocycles. The van der Waals surface area contributed by atoms with Gasteiger partial charge in [0.2, 0.25) is 0 Å². The van der Waals surface area contributed by atoms with E-state index in [9.17, 15) is 4.79 Å². The Balaban J connectivity index is 2.30. The minimum Gasteiger partial charge on any atom is -0.389 e. The van der Waals surface area contributed by atoms with Crippen LogP contribution in [0.2, 0.25) is 0 Å². The molecule has 2 aromatic heterocycles. The molecule has 14 heavy (non-hydrogen) atoms. The quantitative estimate of drug-likeness (QED) is 0.646. The monoisotopic (exact) mass is 193 g/mol. The summed E-state index contributed by atoms with van der Waals surface area (Å²) in [6.45, 7) is -0.465. The van der Waals surface area contributed by atoms with Crippen molar-refractivity contribution < 1.29 is 9.90 Å². The van der Waals surface area contributed by atoms with Crippen LogP contribution in [0.1, 0.15) is 5.56 Å². The number of Topliss-reactive ketones (excluding diaryl/α,β-unsaturated/α-hetero) is 1. The zero-order chi connectivity index (χ0) is 9.97. The summed E-state index contributed by atoms with van der Waals surface area (Å²) in [5.74, 6) is 0.115. The first kappa shape index (κ1) is 8.70. The third-order valence-electron chi connectivity index (χ3n) is 1.69. The number of carbonyl (C=O) groups excluding carboxylic acids is 1. The molecule has 72 valence electrons. The highest BCUT2D eigenvalue weighted by Crippen LogP contribution is 1.99. The summed E-state index contributed by atoms with van der Waals surface area (Å²) in [7, 11) is 0. The van der Waals surface area contributed by atoms with Gasteiger partial charge >= 0.3 is 0 Å². The van der Waals surface area contributed by atoms with Gasteiger partial charge in [-0.1, -0.05) is 5.10 Å². The first-order valence-electron chi connectivity index (χ1n) is 3.95. The Morgan fingerprint density at radius 2 is 2.43 bits per heavy atom. The number of aliphatic hydroxyl groups is 1. The fourth-order valence-electron chi connectivity index (χ4n) is 1.06. The maximum atomic E-state index is 10.9. The number of rotatable bonds is 3. The van der Waals surface area contributed by atoms with Crippen molar-refractivity contribution in [1.82, 2.24) is 25.0 Å². The fraction of sp³-hybridized carbons (Fsp3) is 0.286. The molecule has 7 heteroatoms. The van der Waals surface area contributed by atoms with E-state index in [2.05, 4.69) is 20.5 Å². The van der Waals surface area contributed by atoms with Gasteiger partial charge < -0.3 is 5.11 Å². The molecule has 0 saturated heterocycles.